The lowest BCUT2D eigenvalue weighted by Gasteiger charge is -2.16. The number of rotatable bonds is 6. The van der Waals surface area contributed by atoms with Crippen LogP contribution in [-0.2, 0) is 16.1 Å². The van der Waals surface area contributed by atoms with Crippen LogP contribution in [0.25, 0.3) is 0 Å². The Bertz CT molecular complexity index is 816. The number of likely N-dealkylation sites (tertiary alicyclic amines) is 1. The Morgan fingerprint density at radius 1 is 1.22 bits per heavy atom. The molecule has 1 aliphatic heterocycles. The molecule has 0 aromatic heterocycles. The molecular weight excluding hydrogens is 371 g/mol. The third-order valence-electron chi connectivity index (χ3n) is 4.37. The number of hydrogen-bond donors (Lipinski definition) is 1. The van der Waals surface area contributed by atoms with E-state index in [1.165, 1.54) is 17.7 Å². The van der Waals surface area contributed by atoms with Crippen LogP contribution in [0.1, 0.15) is 22.3 Å². The molecule has 27 heavy (non-hydrogen) atoms. The third kappa shape index (κ3) is 5.52. The average molecular weight is 391 g/mol. The standard InChI is InChI=1S/C20H20ClFN2O3/c21-15-6-7-18(22)17(10-15)20(26)27-13-19(25)23-16-8-9-24(12-16)11-14-4-2-1-3-5-14/h1-7,10,16H,8-9,11-13H2,(H,23,25). The minimum Gasteiger partial charge on any atom is -0.452 e. The minimum absolute atomic E-state index is 0.00261. The number of nitrogens with one attached hydrogen (secondary N) is 1. The first-order valence-electron chi connectivity index (χ1n) is 8.69. The lowest BCUT2D eigenvalue weighted by molar-refractivity contribution is -0.124. The molecule has 1 amide bonds. The van der Waals surface area contributed by atoms with Crippen molar-refractivity contribution in [2.24, 2.45) is 0 Å². The van der Waals surface area contributed by atoms with E-state index in [2.05, 4.69) is 22.3 Å². The molecule has 0 saturated carbocycles. The molecule has 0 radical (unpaired) electrons. The summed E-state index contributed by atoms with van der Waals surface area (Å²) in [6, 6.07) is 13.7. The van der Waals surface area contributed by atoms with Crippen molar-refractivity contribution in [3.8, 4) is 0 Å². The van der Waals surface area contributed by atoms with E-state index in [0.29, 0.717) is 0 Å². The van der Waals surface area contributed by atoms with Crippen LogP contribution in [0, 0.1) is 5.82 Å². The SMILES string of the molecule is O=C(COC(=O)c1cc(Cl)ccc1F)NC1CCN(Cc2ccccc2)C1. The Morgan fingerprint density at radius 3 is 2.78 bits per heavy atom. The van der Waals surface area contributed by atoms with Gasteiger partial charge in [0.15, 0.2) is 6.61 Å². The highest BCUT2D eigenvalue weighted by Crippen LogP contribution is 2.16. The van der Waals surface area contributed by atoms with E-state index in [-0.39, 0.29) is 16.6 Å². The van der Waals surface area contributed by atoms with Gasteiger partial charge in [0.25, 0.3) is 5.91 Å². The first kappa shape index (κ1) is 19.3. The predicted molar refractivity (Wildman–Crippen MR) is 100.0 cm³/mol. The van der Waals surface area contributed by atoms with E-state index >= 15 is 0 Å². The first-order valence-corrected chi connectivity index (χ1v) is 9.07. The van der Waals surface area contributed by atoms with Gasteiger partial charge in [-0.15, -0.1) is 0 Å². The second kappa shape index (κ2) is 8.97. The fraction of sp³-hybridized carbons (Fsp3) is 0.300. The number of ether oxygens (including phenoxy) is 1. The van der Waals surface area contributed by atoms with Gasteiger partial charge in [0, 0.05) is 30.7 Å². The summed E-state index contributed by atoms with van der Waals surface area (Å²) < 4.78 is 18.5. The van der Waals surface area contributed by atoms with Gasteiger partial charge >= 0.3 is 5.97 Å². The quantitative estimate of drug-likeness (QED) is 0.770. The number of hydrogen-bond acceptors (Lipinski definition) is 4. The molecule has 0 spiro atoms. The summed E-state index contributed by atoms with van der Waals surface area (Å²) in [4.78, 5) is 26.2. The van der Waals surface area contributed by atoms with Crippen LogP contribution >= 0.6 is 11.6 Å². The number of amides is 1. The number of halogens is 2. The van der Waals surface area contributed by atoms with E-state index in [0.717, 1.165) is 32.1 Å². The Labute approximate surface area is 162 Å². The lowest BCUT2D eigenvalue weighted by Crippen LogP contribution is -2.39. The molecule has 1 atom stereocenters. The van der Waals surface area contributed by atoms with Crippen LogP contribution in [-0.4, -0.2) is 42.5 Å². The molecule has 1 unspecified atom stereocenters. The fourth-order valence-corrected chi connectivity index (χ4v) is 3.24. The normalized spacial score (nSPS) is 16.9. The summed E-state index contributed by atoms with van der Waals surface area (Å²) in [6.07, 6.45) is 0.829. The Morgan fingerprint density at radius 2 is 2.00 bits per heavy atom. The van der Waals surface area contributed by atoms with Crippen molar-refractivity contribution in [2.45, 2.75) is 19.0 Å². The molecule has 0 aliphatic carbocycles. The molecule has 1 heterocycles. The molecule has 5 nitrogen and oxygen atoms in total. The molecule has 3 rings (SSSR count). The molecule has 2 aromatic carbocycles. The summed E-state index contributed by atoms with van der Waals surface area (Å²) in [7, 11) is 0. The van der Waals surface area contributed by atoms with Crippen molar-refractivity contribution in [2.75, 3.05) is 19.7 Å². The number of carbonyl (C=O) groups is 2. The van der Waals surface area contributed by atoms with Gasteiger partial charge in [-0.2, -0.15) is 0 Å². The highest BCUT2D eigenvalue weighted by molar-refractivity contribution is 6.30. The maximum absolute atomic E-state index is 13.6. The average Bonchev–Trinajstić information content (AvgIpc) is 3.09. The first-order chi connectivity index (χ1) is 13.0. The predicted octanol–water partition coefficient (Wildman–Crippen LogP) is 3.03. The van der Waals surface area contributed by atoms with E-state index in [1.54, 1.807) is 0 Å². The Kier molecular flexibility index (Phi) is 6.42. The summed E-state index contributed by atoms with van der Waals surface area (Å²) in [5.41, 5.74) is 0.937. The zero-order valence-electron chi connectivity index (χ0n) is 14.7. The maximum Gasteiger partial charge on any atom is 0.341 e. The fourth-order valence-electron chi connectivity index (χ4n) is 3.07. The molecule has 1 N–H and O–H groups in total. The number of carbonyl (C=O) groups excluding carboxylic acids is 2. The van der Waals surface area contributed by atoms with Crippen LogP contribution in [0.4, 0.5) is 4.39 Å². The number of benzene rings is 2. The van der Waals surface area contributed by atoms with E-state index in [9.17, 15) is 14.0 Å². The molecule has 1 aliphatic rings. The van der Waals surface area contributed by atoms with E-state index < -0.39 is 24.3 Å². The van der Waals surface area contributed by atoms with Crippen LogP contribution in [0.3, 0.4) is 0 Å². The summed E-state index contributed by atoms with van der Waals surface area (Å²) >= 11 is 5.75. The number of esters is 1. The lowest BCUT2D eigenvalue weighted by atomic mass is 10.2. The van der Waals surface area contributed by atoms with Crippen molar-refractivity contribution in [3.05, 3.63) is 70.5 Å². The zero-order valence-corrected chi connectivity index (χ0v) is 15.4. The maximum atomic E-state index is 13.6. The summed E-state index contributed by atoms with van der Waals surface area (Å²) in [5, 5.41) is 3.07. The zero-order chi connectivity index (χ0) is 19.2. The summed E-state index contributed by atoms with van der Waals surface area (Å²) in [6.45, 7) is 1.99. The van der Waals surface area contributed by atoms with Gasteiger partial charge in [-0.05, 0) is 30.2 Å². The van der Waals surface area contributed by atoms with Gasteiger partial charge in [-0.3, -0.25) is 9.69 Å². The molecule has 0 bridgehead atoms. The topological polar surface area (TPSA) is 58.6 Å². The third-order valence-corrected chi connectivity index (χ3v) is 4.60. The van der Waals surface area contributed by atoms with Gasteiger partial charge in [-0.25, -0.2) is 9.18 Å². The van der Waals surface area contributed by atoms with Gasteiger partial charge in [-0.1, -0.05) is 41.9 Å². The van der Waals surface area contributed by atoms with Gasteiger partial charge < -0.3 is 10.1 Å². The van der Waals surface area contributed by atoms with Crippen molar-refractivity contribution in [3.63, 3.8) is 0 Å². The molecule has 7 heteroatoms. The van der Waals surface area contributed by atoms with Crippen LogP contribution in [0.15, 0.2) is 48.5 Å². The summed E-state index contributed by atoms with van der Waals surface area (Å²) in [5.74, 6) is -2.06. The molecule has 2 aromatic rings. The highest BCUT2D eigenvalue weighted by atomic mass is 35.5. The highest BCUT2D eigenvalue weighted by Gasteiger charge is 2.24. The molecule has 1 fully saturated rings. The molecule has 142 valence electrons. The van der Waals surface area contributed by atoms with Crippen molar-refractivity contribution < 1.29 is 18.7 Å². The van der Waals surface area contributed by atoms with Crippen LogP contribution in [0.5, 0.6) is 0 Å². The second-order valence-corrected chi connectivity index (χ2v) is 6.91. The number of nitrogens with zero attached hydrogens (tertiary/aromatic N) is 1. The van der Waals surface area contributed by atoms with Crippen molar-refractivity contribution >= 4 is 23.5 Å². The van der Waals surface area contributed by atoms with E-state index in [1.807, 2.05) is 18.2 Å². The monoisotopic (exact) mass is 390 g/mol. The minimum atomic E-state index is -0.915. The van der Waals surface area contributed by atoms with Gasteiger partial charge in [0.05, 0.1) is 5.56 Å². The van der Waals surface area contributed by atoms with Crippen molar-refractivity contribution in [1.82, 2.24) is 10.2 Å². The van der Waals surface area contributed by atoms with Gasteiger partial charge in [0.2, 0.25) is 0 Å². The molecule has 1 saturated heterocycles. The Balaban J connectivity index is 1.43. The second-order valence-electron chi connectivity index (χ2n) is 6.47. The largest absolute Gasteiger partial charge is 0.452 e. The van der Waals surface area contributed by atoms with Crippen LogP contribution in [0.2, 0.25) is 5.02 Å². The van der Waals surface area contributed by atoms with E-state index in [4.69, 9.17) is 16.3 Å². The van der Waals surface area contributed by atoms with Gasteiger partial charge in [0.1, 0.15) is 5.82 Å². The molecular formula is C20H20ClFN2O3. The Hall–Kier alpha value is -2.44. The van der Waals surface area contributed by atoms with Crippen LogP contribution < -0.4 is 5.32 Å². The smallest absolute Gasteiger partial charge is 0.341 e. The van der Waals surface area contributed by atoms with Crippen molar-refractivity contribution in [1.29, 1.82) is 0 Å².